The van der Waals surface area contributed by atoms with Crippen molar-refractivity contribution in [3.8, 4) is 5.69 Å². The van der Waals surface area contributed by atoms with Crippen LogP contribution in [0, 0.1) is 0 Å². The lowest BCUT2D eigenvalue weighted by atomic mass is 10.2. The number of hydrogen-bond acceptors (Lipinski definition) is 6. The number of rotatable bonds is 4. The summed E-state index contributed by atoms with van der Waals surface area (Å²) in [4.78, 5) is 11.6. The Balaban J connectivity index is 1.39. The Labute approximate surface area is 181 Å². The molecule has 2 aromatic heterocycles. The highest BCUT2D eigenvalue weighted by molar-refractivity contribution is 6.30. The molecule has 2 saturated heterocycles. The number of pyridine rings is 1. The second kappa shape index (κ2) is 8.51. The van der Waals surface area contributed by atoms with E-state index in [0.29, 0.717) is 5.02 Å². The maximum absolute atomic E-state index is 6.12. The summed E-state index contributed by atoms with van der Waals surface area (Å²) in [7, 11) is 2.19. The first-order valence-corrected chi connectivity index (χ1v) is 10.9. The smallest absolute Gasteiger partial charge is 0.159 e. The first kappa shape index (κ1) is 19.8. The van der Waals surface area contributed by atoms with Crippen molar-refractivity contribution < 1.29 is 4.74 Å². The molecule has 158 valence electrons. The van der Waals surface area contributed by atoms with Crippen molar-refractivity contribution in [3.05, 3.63) is 47.7 Å². The van der Waals surface area contributed by atoms with Gasteiger partial charge in [-0.05, 0) is 37.4 Å². The lowest BCUT2D eigenvalue weighted by Crippen LogP contribution is -2.52. The third kappa shape index (κ3) is 4.03. The van der Waals surface area contributed by atoms with Crippen LogP contribution in [0.3, 0.4) is 0 Å². The van der Waals surface area contributed by atoms with Gasteiger partial charge in [0.2, 0.25) is 0 Å². The Bertz CT molecular complexity index is 999. The standard InChI is InChI=1S/C22H27ClN6O/c1-26-8-10-27(11-9-26)15-19-16-28(12-13-30-19)22-20-6-7-24-14-21(20)29(25-22)18-4-2-17(23)3-5-18/h2-7,14,19H,8-13,15-16H2,1H3. The molecule has 5 rings (SSSR count). The van der Waals surface area contributed by atoms with E-state index in [1.807, 2.05) is 41.3 Å². The third-order valence-corrected chi connectivity index (χ3v) is 6.28. The molecule has 2 aliphatic rings. The summed E-state index contributed by atoms with van der Waals surface area (Å²) in [5, 5.41) is 6.82. The molecule has 30 heavy (non-hydrogen) atoms. The molecule has 0 saturated carbocycles. The van der Waals surface area contributed by atoms with Crippen molar-refractivity contribution in [2.45, 2.75) is 6.10 Å². The maximum Gasteiger partial charge on any atom is 0.159 e. The fourth-order valence-corrected chi connectivity index (χ4v) is 4.43. The summed E-state index contributed by atoms with van der Waals surface area (Å²) in [5.41, 5.74) is 1.97. The van der Waals surface area contributed by atoms with Gasteiger partial charge in [0.1, 0.15) is 0 Å². The predicted octanol–water partition coefficient (Wildman–Crippen LogP) is 2.53. The summed E-state index contributed by atoms with van der Waals surface area (Å²) in [5.74, 6) is 0.994. The summed E-state index contributed by atoms with van der Waals surface area (Å²) in [6.45, 7) is 7.85. The van der Waals surface area contributed by atoms with Crippen molar-refractivity contribution in [2.75, 3.05) is 64.4 Å². The Kier molecular flexibility index (Phi) is 5.60. The van der Waals surface area contributed by atoms with Crippen molar-refractivity contribution in [2.24, 2.45) is 0 Å². The average Bonchev–Trinajstić information content (AvgIpc) is 3.16. The third-order valence-electron chi connectivity index (χ3n) is 6.03. The zero-order valence-electron chi connectivity index (χ0n) is 17.2. The Morgan fingerprint density at radius 2 is 1.87 bits per heavy atom. The Morgan fingerprint density at radius 1 is 1.07 bits per heavy atom. The minimum Gasteiger partial charge on any atom is -0.373 e. The molecule has 0 N–H and O–H groups in total. The number of halogens is 1. The van der Waals surface area contributed by atoms with Gasteiger partial charge in [0.05, 0.1) is 30.1 Å². The number of hydrogen-bond donors (Lipinski definition) is 0. The number of nitrogens with zero attached hydrogens (tertiary/aromatic N) is 6. The molecule has 0 bridgehead atoms. The minimum absolute atomic E-state index is 0.194. The highest BCUT2D eigenvalue weighted by atomic mass is 35.5. The van der Waals surface area contributed by atoms with Gasteiger partial charge in [-0.25, -0.2) is 4.68 Å². The number of fused-ring (bicyclic) bond motifs is 1. The van der Waals surface area contributed by atoms with Gasteiger partial charge >= 0.3 is 0 Å². The van der Waals surface area contributed by atoms with Crippen LogP contribution in [-0.2, 0) is 4.74 Å². The fourth-order valence-electron chi connectivity index (χ4n) is 4.30. The highest BCUT2D eigenvalue weighted by Crippen LogP contribution is 2.29. The molecule has 4 heterocycles. The average molecular weight is 427 g/mol. The number of morpholine rings is 1. The SMILES string of the molecule is CN1CCN(CC2CN(c3nn(-c4ccc(Cl)cc4)c4cnccc34)CCO2)CC1. The number of aromatic nitrogens is 3. The minimum atomic E-state index is 0.194. The lowest BCUT2D eigenvalue weighted by Gasteiger charge is -2.38. The van der Waals surface area contributed by atoms with Crippen LogP contribution in [0.2, 0.25) is 5.02 Å². The van der Waals surface area contributed by atoms with Crippen molar-refractivity contribution >= 4 is 28.3 Å². The summed E-state index contributed by atoms with van der Waals surface area (Å²) in [6, 6.07) is 9.81. The number of ether oxygens (including phenoxy) is 1. The molecule has 3 aromatic rings. The van der Waals surface area contributed by atoms with E-state index in [2.05, 4.69) is 32.8 Å². The van der Waals surface area contributed by atoms with Crippen molar-refractivity contribution in [3.63, 3.8) is 0 Å². The van der Waals surface area contributed by atoms with Crippen LogP contribution >= 0.6 is 11.6 Å². The fraction of sp³-hybridized carbons (Fsp3) is 0.455. The number of piperazine rings is 1. The monoisotopic (exact) mass is 426 g/mol. The zero-order chi connectivity index (χ0) is 20.5. The normalized spacial score (nSPS) is 21.4. The second-order valence-corrected chi connectivity index (χ2v) is 8.58. The predicted molar refractivity (Wildman–Crippen MR) is 120 cm³/mol. The van der Waals surface area contributed by atoms with Crippen LogP contribution in [-0.4, -0.2) is 90.1 Å². The van der Waals surface area contributed by atoms with E-state index < -0.39 is 0 Å². The zero-order valence-corrected chi connectivity index (χ0v) is 18.0. The van der Waals surface area contributed by atoms with Crippen LogP contribution in [0.5, 0.6) is 0 Å². The van der Waals surface area contributed by atoms with Crippen LogP contribution in [0.4, 0.5) is 5.82 Å². The van der Waals surface area contributed by atoms with Crippen LogP contribution in [0.15, 0.2) is 42.7 Å². The van der Waals surface area contributed by atoms with Crippen molar-refractivity contribution in [1.82, 2.24) is 24.6 Å². The first-order valence-electron chi connectivity index (χ1n) is 10.5. The van der Waals surface area contributed by atoms with Crippen LogP contribution in [0.1, 0.15) is 0 Å². The number of anilines is 1. The molecule has 0 spiro atoms. The molecule has 7 nitrogen and oxygen atoms in total. The van der Waals surface area contributed by atoms with E-state index in [1.54, 1.807) is 0 Å². The van der Waals surface area contributed by atoms with Gasteiger partial charge in [-0.1, -0.05) is 11.6 Å². The second-order valence-electron chi connectivity index (χ2n) is 8.15. The molecule has 8 heteroatoms. The highest BCUT2D eigenvalue weighted by Gasteiger charge is 2.27. The van der Waals surface area contributed by atoms with Gasteiger partial charge in [0, 0.05) is 62.4 Å². The van der Waals surface area contributed by atoms with Crippen molar-refractivity contribution in [1.29, 1.82) is 0 Å². The van der Waals surface area contributed by atoms with Crippen LogP contribution < -0.4 is 4.90 Å². The molecule has 1 atom stereocenters. The van der Waals surface area contributed by atoms with E-state index in [-0.39, 0.29) is 6.10 Å². The van der Waals surface area contributed by atoms with E-state index >= 15 is 0 Å². The van der Waals surface area contributed by atoms with E-state index in [0.717, 1.165) is 74.8 Å². The topological polar surface area (TPSA) is 49.7 Å². The van der Waals surface area contributed by atoms with Gasteiger partial charge in [-0.3, -0.25) is 9.88 Å². The largest absolute Gasteiger partial charge is 0.373 e. The molecule has 0 amide bonds. The molecule has 1 aromatic carbocycles. The molecule has 0 radical (unpaired) electrons. The summed E-state index contributed by atoms with van der Waals surface area (Å²) in [6.07, 6.45) is 3.91. The molecule has 2 aliphatic heterocycles. The van der Waals surface area contributed by atoms with Gasteiger partial charge in [0.25, 0.3) is 0 Å². The van der Waals surface area contributed by atoms with Gasteiger partial charge in [-0.2, -0.15) is 0 Å². The molecule has 2 fully saturated rings. The Hall–Kier alpha value is -2.19. The van der Waals surface area contributed by atoms with E-state index in [9.17, 15) is 0 Å². The van der Waals surface area contributed by atoms with E-state index in [1.165, 1.54) is 0 Å². The maximum atomic E-state index is 6.12. The summed E-state index contributed by atoms with van der Waals surface area (Å²) < 4.78 is 8.07. The lowest BCUT2D eigenvalue weighted by molar-refractivity contribution is 0.00667. The van der Waals surface area contributed by atoms with Gasteiger partial charge < -0.3 is 14.5 Å². The van der Waals surface area contributed by atoms with Gasteiger partial charge in [0.15, 0.2) is 5.82 Å². The molecule has 0 aliphatic carbocycles. The molecule has 1 unspecified atom stereocenters. The summed E-state index contributed by atoms with van der Waals surface area (Å²) >= 11 is 6.08. The van der Waals surface area contributed by atoms with E-state index in [4.69, 9.17) is 21.4 Å². The number of likely N-dealkylation sites (N-methyl/N-ethyl adjacent to an activating group) is 1. The Morgan fingerprint density at radius 3 is 2.67 bits per heavy atom. The first-order chi connectivity index (χ1) is 14.7. The van der Waals surface area contributed by atoms with Crippen LogP contribution in [0.25, 0.3) is 16.6 Å². The molecular formula is C22H27ClN6O. The molecular weight excluding hydrogens is 400 g/mol. The number of benzene rings is 1. The van der Waals surface area contributed by atoms with Gasteiger partial charge in [-0.15, -0.1) is 5.10 Å². The quantitative estimate of drug-likeness (QED) is 0.639.